The fourth-order valence-electron chi connectivity index (χ4n) is 8.95. The van der Waals surface area contributed by atoms with Crippen molar-refractivity contribution >= 4 is 55.2 Å². The van der Waals surface area contributed by atoms with E-state index in [0.29, 0.717) is 17.5 Å². The molecule has 11 aromatic rings. The van der Waals surface area contributed by atoms with Crippen LogP contribution in [0.3, 0.4) is 0 Å². The number of thiophene rings is 1. The van der Waals surface area contributed by atoms with E-state index in [1.165, 1.54) is 37.6 Å². The first-order valence-corrected chi connectivity index (χ1v) is 20.3. The van der Waals surface area contributed by atoms with Gasteiger partial charge < -0.3 is 8.83 Å². The molecule has 0 saturated carbocycles. The van der Waals surface area contributed by atoms with Crippen molar-refractivity contribution in [3.8, 4) is 66.9 Å². The zero-order valence-corrected chi connectivity index (χ0v) is 32.5. The monoisotopic (exact) mass is 763 g/mol. The summed E-state index contributed by atoms with van der Waals surface area (Å²) >= 11 is 1.89. The summed E-state index contributed by atoms with van der Waals surface area (Å²) in [6, 6.07) is 56.9. The van der Waals surface area contributed by atoms with Crippen LogP contribution in [-0.4, -0.2) is 15.0 Å². The molecule has 0 saturated heterocycles. The molecular weight excluding hydrogens is 731 g/mol. The maximum absolute atomic E-state index is 6.45. The van der Waals surface area contributed by atoms with Gasteiger partial charge in [-0.1, -0.05) is 141 Å². The molecule has 6 heteroatoms. The van der Waals surface area contributed by atoms with Gasteiger partial charge in [-0.25, -0.2) is 15.0 Å². The lowest BCUT2D eigenvalue weighted by Gasteiger charge is -2.20. The summed E-state index contributed by atoms with van der Waals surface area (Å²) in [4.78, 5) is 17.9. The van der Waals surface area contributed by atoms with E-state index >= 15 is 0 Å². The van der Waals surface area contributed by atoms with E-state index in [-0.39, 0.29) is 5.41 Å². The Balaban J connectivity index is 1.07. The highest BCUT2D eigenvalue weighted by Gasteiger charge is 2.41. The van der Waals surface area contributed by atoms with Crippen LogP contribution < -0.4 is 0 Å². The van der Waals surface area contributed by atoms with Crippen LogP contribution in [0.25, 0.3) is 111 Å². The summed E-state index contributed by atoms with van der Waals surface area (Å²) in [5.41, 5.74) is 13.4. The molecule has 0 fully saturated rings. The molecule has 12 rings (SSSR count). The third kappa shape index (κ3) is 4.92. The van der Waals surface area contributed by atoms with Crippen molar-refractivity contribution in [1.29, 1.82) is 0 Å². The molecule has 0 unspecified atom stereocenters. The van der Waals surface area contributed by atoms with Crippen LogP contribution in [0.2, 0.25) is 0 Å². The highest BCUT2D eigenvalue weighted by atomic mass is 32.1. The fourth-order valence-corrected chi connectivity index (χ4v) is 10.4. The van der Waals surface area contributed by atoms with E-state index in [0.717, 1.165) is 66.1 Å². The number of fused-ring (bicyclic) bond motifs is 9. The van der Waals surface area contributed by atoms with Gasteiger partial charge in [-0.05, 0) is 58.7 Å². The molecule has 58 heavy (non-hydrogen) atoms. The van der Waals surface area contributed by atoms with Crippen molar-refractivity contribution in [2.24, 2.45) is 0 Å². The van der Waals surface area contributed by atoms with E-state index < -0.39 is 0 Å². The SMILES string of the molecule is CC1(C)c2ccccc2-c2c1sc(-c1cccc(-c3nc(-c4ccccc4)nc(-c4ccc5c(c4)oc4ccccc45)n3)c1)c2-c1cccc2oc3ccccc3c12. The third-order valence-electron chi connectivity index (χ3n) is 11.7. The first kappa shape index (κ1) is 33.0. The van der Waals surface area contributed by atoms with Crippen LogP contribution in [-0.2, 0) is 5.41 Å². The van der Waals surface area contributed by atoms with Crippen LogP contribution in [0.5, 0.6) is 0 Å². The zero-order chi connectivity index (χ0) is 38.5. The van der Waals surface area contributed by atoms with E-state index in [2.05, 4.69) is 117 Å². The van der Waals surface area contributed by atoms with Gasteiger partial charge in [-0.15, -0.1) is 11.3 Å². The fraction of sp³-hybridized carbons (Fsp3) is 0.0577. The minimum atomic E-state index is -0.164. The Morgan fingerprint density at radius 1 is 0.431 bits per heavy atom. The second kappa shape index (κ2) is 12.4. The number of furan rings is 2. The first-order chi connectivity index (χ1) is 28.5. The normalized spacial score (nSPS) is 13.1. The van der Waals surface area contributed by atoms with Crippen LogP contribution >= 0.6 is 11.3 Å². The summed E-state index contributed by atoms with van der Waals surface area (Å²) in [6.45, 7) is 4.71. The molecule has 1 aliphatic carbocycles. The van der Waals surface area contributed by atoms with Crippen molar-refractivity contribution in [3.05, 3.63) is 174 Å². The smallest absolute Gasteiger partial charge is 0.164 e. The number of hydrogen-bond acceptors (Lipinski definition) is 6. The molecule has 0 spiro atoms. The van der Waals surface area contributed by atoms with Crippen LogP contribution in [0.4, 0.5) is 0 Å². The molecule has 5 nitrogen and oxygen atoms in total. The second-order valence-electron chi connectivity index (χ2n) is 15.5. The number of rotatable bonds is 5. The van der Waals surface area contributed by atoms with Crippen molar-refractivity contribution in [2.45, 2.75) is 19.3 Å². The Labute approximate surface area is 337 Å². The van der Waals surface area contributed by atoms with Crippen LogP contribution in [0.1, 0.15) is 24.3 Å². The Bertz CT molecular complexity index is 3440. The molecule has 4 aromatic heterocycles. The van der Waals surface area contributed by atoms with Gasteiger partial charge >= 0.3 is 0 Å². The molecule has 274 valence electrons. The van der Waals surface area contributed by atoms with E-state index in [4.69, 9.17) is 23.8 Å². The highest BCUT2D eigenvalue weighted by molar-refractivity contribution is 7.17. The maximum Gasteiger partial charge on any atom is 0.164 e. The summed E-state index contributed by atoms with van der Waals surface area (Å²) < 4.78 is 12.7. The van der Waals surface area contributed by atoms with Crippen molar-refractivity contribution < 1.29 is 8.83 Å². The molecule has 0 N–H and O–H groups in total. The molecule has 7 aromatic carbocycles. The summed E-state index contributed by atoms with van der Waals surface area (Å²) in [5.74, 6) is 1.81. The standard InChI is InChI=1S/C52H33N3O2S/c1-52(2)39-22-9-6-19-36(39)46-45(38-21-13-25-42-44(38)37-20-8-11-24-41(37)56-42)47(58-48(46)52)31-16-12-17-32(28-31)50-53-49(30-14-4-3-5-15-30)54-51(55-50)33-26-27-35-34-18-7-10-23-40(34)57-43(35)29-33/h3-29H,1-2H3. The number of nitrogens with zero attached hydrogens (tertiary/aromatic N) is 3. The van der Waals surface area contributed by atoms with Gasteiger partial charge in [-0.3, -0.25) is 0 Å². The topological polar surface area (TPSA) is 65.0 Å². The molecule has 1 aliphatic rings. The van der Waals surface area contributed by atoms with Gasteiger partial charge in [0, 0.05) is 64.5 Å². The van der Waals surface area contributed by atoms with Crippen LogP contribution in [0.15, 0.2) is 173 Å². The van der Waals surface area contributed by atoms with E-state index in [9.17, 15) is 0 Å². The highest BCUT2D eigenvalue weighted by Crippen LogP contribution is 2.60. The molecule has 0 aliphatic heterocycles. The number of hydrogen-bond donors (Lipinski definition) is 0. The van der Waals surface area contributed by atoms with Crippen LogP contribution in [0, 0.1) is 0 Å². The van der Waals surface area contributed by atoms with Gasteiger partial charge in [0.25, 0.3) is 0 Å². The summed E-state index contributed by atoms with van der Waals surface area (Å²) in [7, 11) is 0. The summed E-state index contributed by atoms with van der Waals surface area (Å²) in [6.07, 6.45) is 0. The molecule has 0 atom stereocenters. The number of benzene rings is 7. The van der Waals surface area contributed by atoms with Gasteiger partial charge in [-0.2, -0.15) is 0 Å². The third-order valence-corrected chi connectivity index (χ3v) is 13.3. The largest absolute Gasteiger partial charge is 0.456 e. The van der Waals surface area contributed by atoms with E-state index in [1.54, 1.807) is 0 Å². The van der Waals surface area contributed by atoms with Gasteiger partial charge in [0.1, 0.15) is 22.3 Å². The lowest BCUT2D eigenvalue weighted by Crippen LogP contribution is -2.13. The van der Waals surface area contributed by atoms with Crippen molar-refractivity contribution in [2.75, 3.05) is 0 Å². The molecule has 0 bridgehead atoms. The first-order valence-electron chi connectivity index (χ1n) is 19.5. The summed E-state index contributed by atoms with van der Waals surface area (Å²) in [5, 5.41) is 4.40. The number of aromatic nitrogens is 3. The van der Waals surface area contributed by atoms with Gasteiger partial charge in [0.15, 0.2) is 17.5 Å². The average molecular weight is 764 g/mol. The molecule has 0 amide bonds. The molecule has 4 heterocycles. The lowest BCUT2D eigenvalue weighted by molar-refractivity contribution is 0.668. The van der Waals surface area contributed by atoms with Crippen molar-refractivity contribution in [3.63, 3.8) is 0 Å². The zero-order valence-electron chi connectivity index (χ0n) is 31.7. The van der Waals surface area contributed by atoms with Gasteiger partial charge in [0.2, 0.25) is 0 Å². The second-order valence-corrected chi connectivity index (χ2v) is 16.5. The molecule has 0 radical (unpaired) electrons. The Kier molecular flexibility index (Phi) is 7.08. The Hall–Kier alpha value is -7.15. The lowest BCUT2D eigenvalue weighted by atomic mass is 9.87. The van der Waals surface area contributed by atoms with Crippen molar-refractivity contribution in [1.82, 2.24) is 15.0 Å². The minimum Gasteiger partial charge on any atom is -0.456 e. The maximum atomic E-state index is 6.45. The molecular formula is C52H33N3O2S. The Morgan fingerprint density at radius 2 is 1.00 bits per heavy atom. The Morgan fingerprint density at radius 3 is 1.83 bits per heavy atom. The predicted molar refractivity (Wildman–Crippen MR) is 237 cm³/mol. The minimum absolute atomic E-state index is 0.164. The number of para-hydroxylation sites is 2. The van der Waals surface area contributed by atoms with E-state index in [1.807, 2.05) is 72.0 Å². The average Bonchev–Trinajstić information content (AvgIpc) is 4.02. The quantitative estimate of drug-likeness (QED) is 0.175. The van der Waals surface area contributed by atoms with Gasteiger partial charge in [0.05, 0.1) is 0 Å². The predicted octanol–water partition coefficient (Wildman–Crippen LogP) is 14.4.